The molecule has 18 heavy (non-hydrogen) atoms. The van der Waals surface area contributed by atoms with Crippen LogP contribution in [0.4, 0.5) is 0 Å². The Bertz CT molecular complexity index is 517. The lowest BCUT2D eigenvalue weighted by atomic mass is 10.0. The predicted molar refractivity (Wildman–Crippen MR) is 81.1 cm³/mol. The van der Waals surface area contributed by atoms with Crippen molar-refractivity contribution in [3.8, 4) is 0 Å². The van der Waals surface area contributed by atoms with Gasteiger partial charge in [0.1, 0.15) is 0 Å². The molecule has 2 N–H and O–H groups in total. The van der Waals surface area contributed by atoms with Crippen molar-refractivity contribution in [1.29, 1.82) is 0 Å². The third kappa shape index (κ3) is 3.64. The Hall–Kier alpha value is -0.710. The summed E-state index contributed by atoms with van der Waals surface area (Å²) in [5.74, 6) is 0. The van der Waals surface area contributed by atoms with E-state index in [0.29, 0.717) is 0 Å². The van der Waals surface area contributed by atoms with Gasteiger partial charge in [-0.05, 0) is 38.0 Å². The van der Waals surface area contributed by atoms with Crippen LogP contribution in [-0.2, 0) is 12.8 Å². The molecule has 0 radical (unpaired) electrons. The van der Waals surface area contributed by atoms with E-state index in [1.807, 2.05) is 12.1 Å². The van der Waals surface area contributed by atoms with E-state index in [1.165, 1.54) is 10.4 Å². The minimum atomic E-state index is 0.129. The molecule has 0 aliphatic carbocycles. The van der Waals surface area contributed by atoms with Gasteiger partial charge < -0.3 is 5.73 Å². The molecular weight excluding hydrogens is 308 g/mol. The van der Waals surface area contributed by atoms with Gasteiger partial charge in [0.05, 0.1) is 10.7 Å². The number of hydrogen-bond donors (Lipinski definition) is 1. The molecule has 1 aromatic carbocycles. The average molecular weight is 325 g/mol. The summed E-state index contributed by atoms with van der Waals surface area (Å²) in [6.07, 6.45) is 1.74. The Morgan fingerprint density at radius 3 is 2.72 bits per heavy atom. The van der Waals surface area contributed by atoms with Gasteiger partial charge in [0, 0.05) is 21.8 Å². The molecule has 1 unspecified atom stereocenters. The van der Waals surface area contributed by atoms with E-state index in [9.17, 15) is 0 Å². The first-order valence-electron chi connectivity index (χ1n) is 5.97. The van der Waals surface area contributed by atoms with Crippen LogP contribution in [0.1, 0.15) is 21.1 Å². The van der Waals surface area contributed by atoms with Crippen molar-refractivity contribution in [3.05, 3.63) is 49.9 Å². The molecule has 0 saturated carbocycles. The molecule has 1 aromatic heterocycles. The summed E-state index contributed by atoms with van der Waals surface area (Å²) in [6.45, 7) is 4.16. The number of halogens is 1. The topological polar surface area (TPSA) is 38.9 Å². The summed E-state index contributed by atoms with van der Waals surface area (Å²) < 4.78 is 1.10. The number of benzene rings is 1. The van der Waals surface area contributed by atoms with E-state index in [4.69, 9.17) is 5.73 Å². The summed E-state index contributed by atoms with van der Waals surface area (Å²) in [4.78, 5) is 5.83. The zero-order chi connectivity index (χ0) is 13.1. The third-order valence-corrected chi connectivity index (χ3v) is 4.48. The van der Waals surface area contributed by atoms with Crippen LogP contribution in [-0.4, -0.2) is 11.0 Å². The van der Waals surface area contributed by atoms with Gasteiger partial charge in [0.25, 0.3) is 0 Å². The highest BCUT2D eigenvalue weighted by Crippen LogP contribution is 2.19. The van der Waals surface area contributed by atoms with Crippen LogP contribution in [0.3, 0.4) is 0 Å². The quantitative estimate of drug-likeness (QED) is 0.932. The lowest BCUT2D eigenvalue weighted by Gasteiger charge is -2.10. The van der Waals surface area contributed by atoms with Crippen LogP contribution in [0.2, 0.25) is 0 Å². The summed E-state index contributed by atoms with van der Waals surface area (Å²) in [5, 5.41) is 1.15. The van der Waals surface area contributed by atoms with Gasteiger partial charge in [-0.2, -0.15) is 0 Å². The first kappa shape index (κ1) is 13.7. The molecule has 0 aliphatic rings. The normalized spacial score (nSPS) is 12.7. The Morgan fingerprint density at radius 2 is 2.11 bits per heavy atom. The highest BCUT2D eigenvalue weighted by atomic mass is 79.9. The zero-order valence-electron chi connectivity index (χ0n) is 10.6. The lowest BCUT2D eigenvalue weighted by molar-refractivity contribution is 0.661. The summed E-state index contributed by atoms with van der Waals surface area (Å²) in [7, 11) is 0. The van der Waals surface area contributed by atoms with Gasteiger partial charge in [-0.3, -0.25) is 0 Å². The van der Waals surface area contributed by atoms with Crippen molar-refractivity contribution in [3.63, 3.8) is 0 Å². The smallest absolute Gasteiger partial charge is 0.0946 e. The van der Waals surface area contributed by atoms with Gasteiger partial charge in [-0.15, -0.1) is 11.3 Å². The maximum atomic E-state index is 6.20. The van der Waals surface area contributed by atoms with E-state index in [2.05, 4.69) is 46.9 Å². The second-order valence-corrected chi connectivity index (χ2v) is 6.75. The minimum absolute atomic E-state index is 0.129. The van der Waals surface area contributed by atoms with E-state index in [-0.39, 0.29) is 6.04 Å². The predicted octanol–water partition coefficient (Wildman–Crippen LogP) is 3.63. The SMILES string of the molecule is Cc1nc(CC(N)Cc2cccc(Br)c2)sc1C. The second kappa shape index (κ2) is 5.95. The Kier molecular flexibility index (Phi) is 4.54. The fourth-order valence-electron chi connectivity index (χ4n) is 1.89. The molecule has 4 heteroatoms. The van der Waals surface area contributed by atoms with Gasteiger partial charge >= 0.3 is 0 Å². The number of nitrogens with zero attached hydrogens (tertiary/aromatic N) is 1. The molecule has 0 fully saturated rings. The van der Waals surface area contributed by atoms with Crippen molar-refractivity contribution in [2.75, 3.05) is 0 Å². The lowest BCUT2D eigenvalue weighted by Crippen LogP contribution is -2.25. The van der Waals surface area contributed by atoms with E-state index >= 15 is 0 Å². The zero-order valence-corrected chi connectivity index (χ0v) is 13.0. The van der Waals surface area contributed by atoms with Gasteiger partial charge in [-0.1, -0.05) is 28.1 Å². The van der Waals surface area contributed by atoms with Crippen LogP contribution in [0.5, 0.6) is 0 Å². The fraction of sp³-hybridized carbons (Fsp3) is 0.357. The van der Waals surface area contributed by atoms with Crippen LogP contribution in [0.25, 0.3) is 0 Å². The minimum Gasteiger partial charge on any atom is -0.327 e. The fourth-order valence-corrected chi connectivity index (χ4v) is 3.36. The molecule has 0 bridgehead atoms. The van der Waals surface area contributed by atoms with Gasteiger partial charge in [0.2, 0.25) is 0 Å². The van der Waals surface area contributed by atoms with Crippen LogP contribution >= 0.6 is 27.3 Å². The monoisotopic (exact) mass is 324 g/mol. The highest BCUT2D eigenvalue weighted by Gasteiger charge is 2.10. The molecule has 1 heterocycles. The van der Waals surface area contributed by atoms with Crippen molar-refractivity contribution in [2.45, 2.75) is 32.7 Å². The third-order valence-electron chi connectivity index (χ3n) is 2.90. The molecule has 2 nitrogen and oxygen atoms in total. The Morgan fingerprint density at radius 1 is 1.33 bits per heavy atom. The molecule has 1 atom stereocenters. The molecule has 0 saturated heterocycles. The number of aryl methyl sites for hydroxylation is 2. The van der Waals surface area contributed by atoms with Gasteiger partial charge in [-0.25, -0.2) is 4.98 Å². The van der Waals surface area contributed by atoms with E-state index in [1.54, 1.807) is 11.3 Å². The number of hydrogen-bond acceptors (Lipinski definition) is 3. The molecule has 0 aliphatic heterocycles. The summed E-state index contributed by atoms with van der Waals surface area (Å²) in [5.41, 5.74) is 8.59. The number of nitrogens with two attached hydrogens (primary N) is 1. The van der Waals surface area contributed by atoms with Gasteiger partial charge in [0.15, 0.2) is 0 Å². The van der Waals surface area contributed by atoms with Crippen molar-refractivity contribution >= 4 is 27.3 Å². The molecular formula is C14H17BrN2S. The van der Waals surface area contributed by atoms with E-state index < -0.39 is 0 Å². The first-order chi connectivity index (χ1) is 8.54. The molecule has 0 amide bonds. The molecule has 0 spiro atoms. The van der Waals surface area contributed by atoms with Crippen molar-refractivity contribution in [2.24, 2.45) is 5.73 Å². The van der Waals surface area contributed by atoms with Crippen LogP contribution in [0.15, 0.2) is 28.7 Å². The largest absolute Gasteiger partial charge is 0.327 e. The Balaban J connectivity index is 1.98. The van der Waals surface area contributed by atoms with E-state index in [0.717, 1.165) is 28.0 Å². The highest BCUT2D eigenvalue weighted by molar-refractivity contribution is 9.10. The molecule has 96 valence electrons. The second-order valence-electron chi connectivity index (χ2n) is 4.55. The number of rotatable bonds is 4. The Labute approximate surface area is 120 Å². The molecule has 2 aromatic rings. The maximum Gasteiger partial charge on any atom is 0.0946 e. The summed E-state index contributed by atoms with van der Waals surface area (Å²) in [6, 6.07) is 8.44. The standard InChI is InChI=1S/C14H17BrN2S/c1-9-10(2)18-14(17-9)8-13(16)7-11-4-3-5-12(15)6-11/h3-6,13H,7-8,16H2,1-2H3. The number of aromatic nitrogens is 1. The molecule has 2 rings (SSSR count). The average Bonchev–Trinajstić information content (AvgIpc) is 2.57. The van der Waals surface area contributed by atoms with Crippen LogP contribution < -0.4 is 5.73 Å². The maximum absolute atomic E-state index is 6.20. The van der Waals surface area contributed by atoms with Crippen molar-refractivity contribution < 1.29 is 0 Å². The first-order valence-corrected chi connectivity index (χ1v) is 7.58. The number of thiazole rings is 1. The summed E-state index contributed by atoms with van der Waals surface area (Å²) >= 11 is 5.24. The van der Waals surface area contributed by atoms with Crippen LogP contribution in [0, 0.1) is 13.8 Å². The van der Waals surface area contributed by atoms with Crippen molar-refractivity contribution in [1.82, 2.24) is 4.98 Å².